The van der Waals surface area contributed by atoms with Gasteiger partial charge in [0.2, 0.25) is 11.1 Å². The number of carbonyl (C=O) groups excluding carboxylic acids is 1. The van der Waals surface area contributed by atoms with E-state index in [4.69, 9.17) is 4.74 Å². The van der Waals surface area contributed by atoms with Crippen LogP contribution in [0.4, 0.5) is 5.95 Å². The van der Waals surface area contributed by atoms with Crippen LogP contribution in [0.3, 0.4) is 0 Å². The number of halogens is 1. The van der Waals surface area contributed by atoms with Crippen LogP contribution in [-0.2, 0) is 9.53 Å². The molecule has 2 aromatic rings. The molecule has 1 aliphatic rings. The van der Waals surface area contributed by atoms with Crippen molar-refractivity contribution >= 4 is 39.6 Å². The van der Waals surface area contributed by atoms with Crippen LogP contribution in [0.25, 0.3) is 0 Å². The number of hydrogen-bond donors (Lipinski definition) is 1. The first-order chi connectivity index (χ1) is 11.0. The van der Waals surface area contributed by atoms with E-state index < -0.39 is 0 Å². The van der Waals surface area contributed by atoms with Crippen LogP contribution in [0, 0.1) is 0 Å². The SMILES string of the molecule is COC(=O)C1=C(C)Nc2nc(SC)nn2[C@@H]1c1cccc(Br)c1. The fourth-order valence-electron chi connectivity index (χ4n) is 2.58. The largest absolute Gasteiger partial charge is 0.466 e. The number of aromatic nitrogens is 3. The van der Waals surface area contributed by atoms with E-state index in [9.17, 15) is 4.79 Å². The van der Waals surface area contributed by atoms with Gasteiger partial charge in [-0.05, 0) is 30.9 Å². The molecular formula is C15H15BrN4O2S. The zero-order valence-corrected chi connectivity index (χ0v) is 15.2. The Morgan fingerprint density at radius 1 is 1.48 bits per heavy atom. The van der Waals surface area contributed by atoms with E-state index in [1.54, 1.807) is 4.68 Å². The van der Waals surface area contributed by atoms with Crippen molar-refractivity contribution < 1.29 is 9.53 Å². The Hall–Kier alpha value is -1.80. The maximum Gasteiger partial charge on any atom is 0.338 e. The number of nitrogens with one attached hydrogen (secondary N) is 1. The van der Waals surface area contributed by atoms with Crippen LogP contribution in [0.5, 0.6) is 0 Å². The van der Waals surface area contributed by atoms with Crippen LogP contribution < -0.4 is 5.32 Å². The van der Waals surface area contributed by atoms with Crippen molar-refractivity contribution in [3.8, 4) is 0 Å². The molecular weight excluding hydrogens is 380 g/mol. The second-order valence-corrected chi connectivity index (χ2v) is 6.67. The van der Waals surface area contributed by atoms with Crippen molar-refractivity contribution in [1.82, 2.24) is 14.8 Å². The fourth-order valence-corrected chi connectivity index (χ4v) is 3.34. The van der Waals surface area contributed by atoms with E-state index in [1.807, 2.05) is 37.4 Å². The van der Waals surface area contributed by atoms with Crippen molar-refractivity contribution in [3.63, 3.8) is 0 Å². The number of thioether (sulfide) groups is 1. The molecule has 0 aliphatic carbocycles. The zero-order chi connectivity index (χ0) is 16.6. The van der Waals surface area contributed by atoms with Gasteiger partial charge < -0.3 is 10.1 Å². The highest BCUT2D eigenvalue weighted by molar-refractivity contribution is 9.10. The monoisotopic (exact) mass is 394 g/mol. The number of allylic oxidation sites excluding steroid dienone is 1. The summed E-state index contributed by atoms with van der Waals surface area (Å²) in [6.07, 6.45) is 1.91. The second kappa shape index (κ2) is 6.37. The average molecular weight is 395 g/mol. The number of ether oxygens (including phenoxy) is 1. The molecule has 0 saturated heterocycles. The molecule has 1 atom stereocenters. The van der Waals surface area contributed by atoms with Gasteiger partial charge in [-0.2, -0.15) is 4.98 Å². The minimum absolute atomic E-state index is 0.383. The normalized spacial score (nSPS) is 16.8. The van der Waals surface area contributed by atoms with E-state index in [2.05, 4.69) is 31.3 Å². The first kappa shape index (κ1) is 16.1. The minimum Gasteiger partial charge on any atom is -0.466 e. The summed E-state index contributed by atoms with van der Waals surface area (Å²) in [5.74, 6) is 0.233. The zero-order valence-electron chi connectivity index (χ0n) is 12.8. The molecule has 1 aliphatic heterocycles. The fraction of sp³-hybridized carbons (Fsp3) is 0.267. The van der Waals surface area contributed by atoms with E-state index in [0.29, 0.717) is 16.7 Å². The molecule has 23 heavy (non-hydrogen) atoms. The Morgan fingerprint density at radius 2 is 2.26 bits per heavy atom. The summed E-state index contributed by atoms with van der Waals surface area (Å²) in [6, 6.07) is 7.41. The van der Waals surface area contributed by atoms with Crippen molar-refractivity contribution in [2.75, 3.05) is 18.7 Å². The molecule has 8 heteroatoms. The van der Waals surface area contributed by atoms with Gasteiger partial charge in [-0.25, -0.2) is 9.48 Å². The maximum absolute atomic E-state index is 12.3. The van der Waals surface area contributed by atoms with Gasteiger partial charge in [0, 0.05) is 10.2 Å². The number of nitrogens with zero attached hydrogens (tertiary/aromatic N) is 3. The van der Waals surface area contributed by atoms with Crippen molar-refractivity contribution in [3.05, 3.63) is 45.6 Å². The van der Waals surface area contributed by atoms with Gasteiger partial charge in [-0.3, -0.25) is 0 Å². The second-order valence-electron chi connectivity index (χ2n) is 4.98. The number of carbonyl (C=O) groups is 1. The van der Waals surface area contributed by atoms with Gasteiger partial charge in [0.25, 0.3) is 0 Å². The van der Waals surface area contributed by atoms with Gasteiger partial charge in [0.15, 0.2) is 0 Å². The third-order valence-corrected chi connectivity index (χ3v) is 4.62. The predicted molar refractivity (Wildman–Crippen MR) is 92.4 cm³/mol. The van der Waals surface area contributed by atoms with Gasteiger partial charge in [0.05, 0.1) is 12.7 Å². The molecule has 120 valence electrons. The summed E-state index contributed by atoms with van der Waals surface area (Å²) in [7, 11) is 1.38. The summed E-state index contributed by atoms with van der Waals surface area (Å²) in [6.45, 7) is 1.84. The summed E-state index contributed by atoms with van der Waals surface area (Å²) in [4.78, 5) is 16.8. The first-order valence-electron chi connectivity index (χ1n) is 6.87. The Kier molecular flexibility index (Phi) is 4.45. The molecule has 0 bridgehead atoms. The Morgan fingerprint density at radius 3 is 2.91 bits per heavy atom. The van der Waals surface area contributed by atoms with E-state index in [-0.39, 0.29) is 12.0 Å². The van der Waals surface area contributed by atoms with E-state index in [0.717, 1.165) is 15.7 Å². The van der Waals surface area contributed by atoms with Gasteiger partial charge >= 0.3 is 5.97 Å². The number of esters is 1. The van der Waals surface area contributed by atoms with Crippen LogP contribution in [-0.4, -0.2) is 34.1 Å². The number of benzene rings is 1. The molecule has 3 rings (SSSR count). The highest BCUT2D eigenvalue weighted by Crippen LogP contribution is 2.37. The molecule has 0 fully saturated rings. The molecule has 0 saturated carbocycles. The van der Waals surface area contributed by atoms with Crippen molar-refractivity contribution in [2.45, 2.75) is 18.1 Å². The molecule has 0 spiro atoms. The summed E-state index contributed by atoms with van der Waals surface area (Å²) < 4.78 is 7.64. The highest BCUT2D eigenvalue weighted by atomic mass is 79.9. The third kappa shape index (κ3) is 2.88. The minimum atomic E-state index is -0.385. The lowest BCUT2D eigenvalue weighted by Crippen LogP contribution is -2.29. The van der Waals surface area contributed by atoms with Crippen LogP contribution in [0.2, 0.25) is 0 Å². The van der Waals surface area contributed by atoms with E-state index >= 15 is 0 Å². The smallest absolute Gasteiger partial charge is 0.338 e. The van der Waals surface area contributed by atoms with Crippen LogP contribution in [0.1, 0.15) is 18.5 Å². The molecule has 0 radical (unpaired) electrons. The Bertz CT molecular complexity index is 803. The van der Waals surface area contributed by atoms with Gasteiger partial charge in [-0.1, -0.05) is 39.8 Å². The Balaban J connectivity index is 2.21. The van der Waals surface area contributed by atoms with Crippen molar-refractivity contribution in [2.24, 2.45) is 0 Å². The standard InChI is InChI=1S/C15H15BrN4O2S/c1-8-11(13(21)22-2)12(9-5-4-6-10(16)7-9)20-14(17-8)18-15(19-20)23-3/h4-7,12H,1-3H3,(H,17,18,19)/t12-/m1/s1. The summed E-state index contributed by atoms with van der Waals surface area (Å²) in [5.41, 5.74) is 2.17. The van der Waals surface area contributed by atoms with Crippen LogP contribution in [0.15, 0.2) is 45.2 Å². The number of anilines is 1. The van der Waals surface area contributed by atoms with Gasteiger partial charge in [0.1, 0.15) is 6.04 Å². The lowest BCUT2D eigenvalue weighted by molar-refractivity contribution is -0.136. The quantitative estimate of drug-likeness (QED) is 0.636. The number of hydrogen-bond acceptors (Lipinski definition) is 6. The maximum atomic E-state index is 12.3. The number of fused-ring (bicyclic) bond motifs is 1. The molecule has 6 nitrogen and oxygen atoms in total. The lowest BCUT2D eigenvalue weighted by atomic mass is 9.96. The molecule has 2 heterocycles. The molecule has 1 aromatic heterocycles. The molecule has 1 N–H and O–H groups in total. The van der Waals surface area contributed by atoms with E-state index in [1.165, 1.54) is 18.9 Å². The molecule has 0 unspecified atom stereocenters. The number of rotatable bonds is 3. The third-order valence-electron chi connectivity index (χ3n) is 3.59. The Labute approximate surface area is 146 Å². The lowest BCUT2D eigenvalue weighted by Gasteiger charge is -2.27. The van der Waals surface area contributed by atoms with Crippen LogP contribution >= 0.6 is 27.7 Å². The summed E-state index contributed by atoms with van der Waals surface area (Å²) >= 11 is 4.93. The molecule has 0 amide bonds. The topological polar surface area (TPSA) is 69.0 Å². The van der Waals surface area contributed by atoms with Gasteiger partial charge in [-0.15, -0.1) is 5.10 Å². The van der Waals surface area contributed by atoms with Crippen molar-refractivity contribution in [1.29, 1.82) is 0 Å². The number of methoxy groups -OCH3 is 1. The predicted octanol–water partition coefficient (Wildman–Crippen LogP) is 3.22. The highest BCUT2D eigenvalue weighted by Gasteiger charge is 2.34. The summed E-state index contributed by atoms with van der Waals surface area (Å²) in [5, 5.41) is 8.29. The average Bonchev–Trinajstić information content (AvgIpc) is 2.95. The first-order valence-corrected chi connectivity index (χ1v) is 8.89. The molecule has 1 aromatic carbocycles.